The Kier molecular flexibility index (Phi) is 3.34. The lowest BCUT2D eigenvalue weighted by Gasteiger charge is -2.29. The zero-order valence-corrected chi connectivity index (χ0v) is 11.8. The van der Waals surface area contributed by atoms with Gasteiger partial charge in [0.2, 0.25) is 5.91 Å². The second-order valence-corrected chi connectivity index (χ2v) is 5.12. The van der Waals surface area contributed by atoms with Crippen LogP contribution in [0.2, 0.25) is 0 Å². The summed E-state index contributed by atoms with van der Waals surface area (Å²) in [7, 11) is 1.61. The third kappa shape index (κ3) is 2.36. The summed E-state index contributed by atoms with van der Waals surface area (Å²) in [5.41, 5.74) is 6.67. The van der Waals surface area contributed by atoms with Crippen molar-refractivity contribution in [2.24, 2.45) is 12.8 Å². The Hall–Kier alpha value is -2.41. The molecule has 0 fully saturated rings. The number of benzene rings is 1. The maximum atomic E-state index is 12.5. The largest absolute Gasteiger partial charge is 0.345 e. The van der Waals surface area contributed by atoms with Gasteiger partial charge in [0.15, 0.2) is 5.82 Å². The van der Waals surface area contributed by atoms with E-state index in [2.05, 4.69) is 5.10 Å². The van der Waals surface area contributed by atoms with Crippen LogP contribution in [0.3, 0.4) is 0 Å². The summed E-state index contributed by atoms with van der Waals surface area (Å²) < 4.78 is 2.89. The van der Waals surface area contributed by atoms with Crippen molar-refractivity contribution in [2.75, 3.05) is 6.54 Å². The van der Waals surface area contributed by atoms with E-state index in [4.69, 9.17) is 5.73 Å². The van der Waals surface area contributed by atoms with Crippen molar-refractivity contribution in [2.45, 2.75) is 19.1 Å². The van der Waals surface area contributed by atoms with Gasteiger partial charge in [-0.3, -0.25) is 9.36 Å². The van der Waals surface area contributed by atoms with Gasteiger partial charge in [0.1, 0.15) is 6.04 Å². The minimum atomic E-state index is -0.687. The number of carbonyl (C=O) groups excluding carboxylic acids is 1. The van der Waals surface area contributed by atoms with Gasteiger partial charge >= 0.3 is 5.69 Å². The number of carbonyl (C=O) groups is 1. The summed E-state index contributed by atoms with van der Waals surface area (Å²) in [6.45, 7) is 1.24. The first-order valence-corrected chi connectivity index (χ1v) is 6.80. The lowest BCUT2D eigenvalue weighted by molar-refractivity contribution is -0.134. The van der Waals surface area contributed by atoms with Crippen molar-refractivity contribution < 1.29 is 4.79 Å². The third-order valence-electron chi connectivity index (χ3n) is 3.75. The topological polar surface area (TPSA) is 86.2 Å². The van der Waals surface area contributed by atoms with Gasteiger partial charge in [-0.1, -0.05) is 30.3 Å². The van der Waals surface area contributed by atoms with Crippen molar-refractivity contribution in [1.29, 1.82) is 0 Å². The monoisotopic (exact) mass is 287 g/mol. The van der Waals surface area contributed by atoms with Crippen molar-refractivity contribution in [3.05, 3.63) is 52.2 Å². The summed E-state index contributed by atoms with van der Waals surface area (Å²) in [5, 5.41) is 4.15. The second-order valence-electron chi connectivity index (χ2n) is 5.12. The summed E-state index contributed by atoms with van der Waals surface area (Å²) in [6.07, 6.45) is 0. The number of rotatable bonds is 2. The molecule has 3 rings (SSSR count). The SMILES string of the molecule is Cn1nc2n(c1=O)CCN(C(=O)[C@H](N)c1ccccc1)C2. The van der Waals surface area contributed by atoms with Crippen molar-refractivity contribution >= 4 is 5.91 Å². The molecule has 21 heavy (non-hydrogen) atoms. The molecule has 1 aromatic carbocycles. The Labute approximate surface area is 121 Å². The van der Waals surface area contributed by atoms with Crippen LogP contribution >= 0.6 is 0 Å². The van der Waals surface area contributed by atoms with Crippen LogP contribution in [0.25, 0.3) is 0 Å². The van der Waals surface area contributed by atoms with Crippen LogP contribution in [-0.2, 0) is 24.9 Å². The van der Waals surface area contributed by atoms with E-state index in [-0.39, 0.29) is 11.6 Å². The third-order valence-corrected chi connectivity index (χ3v) is 3.75. The molecule has 2 heterocycles. The van der Waals surface area contributed by atoms with E-state index in [1.807, 2.05) is 30.3 Å². The zero-order chi connectivity index (χ0) is 15.0. The number of aromatic nitrogens is 3. The standard InChI is InChI=1S/C14H17N5O2/c1-17-14(21)19-8-7-18(9-11(19)16-17)13(20)12(15)10-5-3-2-4-6-10/h2-6,12H,7-9,15H2,1H3/t12-/m1/s1. The minimum absolute atomic E-state index is 0.148. The number of nitrogens with zero attached hydrogens (tertiary/aromatic N) is 4. The molecule has 1 atom stereocenters. The molecule has 0 unspecified atom stereocenters. The quantitative estimate of drug-likeness (QED) is 0.816. The van der Waals surface area contributed by atoms with Gasteiger partial charge in [0.05, 0.1) is 6.54 Å². The van der Waals surface area contributed by atoms with Gasteiger partial charge < -0.3 is 10.6 Å². The number of nitrogens with two attached hydrogens (primary N) is 1. The van der Waals surface area contributed by atoms with E-state index in [0.29, 0.717) is 25.5 Å². The predicted octanol–water partition coefficient (Wildman–Crippen LogP) is -0.376. The van der Waals surface area contributed by atoms with Crippen LogP contribution in [0.5, 0.6) is 0 Å². The van der Waals surface area contributed by atoms with Crippen LogP contribution in [0.15, 0.2) is 35.1 Å². The van der Waals surface area contributed by atoms with Crippen LogP contribution < -0.4 is 11.4 Å². The highest BCUT2D eigenvalue weighted by atomic mass is 16.2. The molecular formula is C14H17N5O2. The van der Waals surface area contributed by atoms with Gasteiger partial charge in [0.25, 0.3) is 0 Å². The molecular weight excluding hydrogens is 270 g/mol. The maximum Gasteiger partial charge on any atom is 0.345 e. The molecule has 0 radical (unpaired) electrons. The molecule has 0 spiro atoms. The summed E-state index contributed by atoms with van der Waals surface area (Å²) in [5.74, 6) is 0.452. The van der Waals surface area contributed by atoms with Gasteiger partial charge in [-0.25, -0.2) is 9.48 Å². The molecule has 7 nitrogen and oxygen atoms in total. The molecule has 2 N–H and O–H groups in total. The molecule has 1 aromatic heterocycles. The Morgan fingerprint density at radius 3 is 2.71 bits per heavy atom. The first kappa shape index (κ1) is 13.6. The zero-order valence-electron chi connectivity index (χ0n) is 11.8. The second kappa shape index (κ2) is 5.17. The summed E-state index contributed by atoms with van der Waals surface area (Å²) >= 11 is 0. The fraction of sp³-hybridized carbons (Fsp3) is 0.357. The highest BCUT2D eigenvalue weighted by Gasteiger charge is 2.28. The number of hydrogen-bond donors (Lipinski definition) is 1. The van der Waals surface area contributed by atoms with Gasteiger partial charge in [-0.15, -0.1) is 0 Å². The van der Waals surface area contributed by atoms with Crippen LogP contribution in [0, 0.1) is 0 Å². The number of hydrogen-bond acceptors (Lipinski definition) is 4. The van der Waals surface area contributed by atoms with Crippen LogP contribution in [0.4, 0.5) is 0 Å². The average Bonchev–Trinajstić information content (AvgIpc) is 2.81. The summed E-state index contributed by atoms with van der Waals surface area (Å²) in [6, 6.07) is 8.58. The van der Waals surface area contributed by atoms with Crippen molar-refractivity contribution in [1.82, 2.24) is 19.2 Å². The molecule has 0 bridgehead atoms. The summed E-state index contributed by atoms with van der Waals surface area (Å²) in [4.78, 5) is 25.9. The molecule has 2 aromatic rings. The molecule has 1 aliphatic heterocycles. The highest BCUT2D eigenvalue weighted by Crippen LogP contribution is 2.16. The molecule has 0 aliphatic carbocycles. The lowest BCUT2D eigenvalue weighted by Crippen LogP contribution is -2.44. The fourth-order valence-corrected chi connectivity index (χ4v) is 2.55. The fourth-order valence-electron chi connectivity index (χ4n) is 2.55. The van der Waals surface area contributed by atoms with Gasteiger partial charge in [-0.2, -0.15) is 5.10 Å². The Bertz CT molecular complexity index is 719. The molecule has 110 valence electrons. The Balaban J connectivity index is 1.80. The molecule has 0 saturated heterocycles. The van der Waals surface area contributed by atoms with E-state index in [1.54, 1.807) is 16.5 Å². The normalized spacial score (nSPS) is 15.6. The molecule has 0 saturated carbocycles. The Morgan fingerprint density at radius 1 is 1.29 bits per heavy atom. The lowest BCUT2D eigenvalue weighted by atomic mass is 10.1. The van der Waals surface area contributed by atoms with Gasteiger partial charge in [0, 0.05) is 20.1 Å². The number of fused-ring (bicyclic) bond motifs is 1. The van der Waals surface area contributed by atoms with Crippen LogP contribution in [-0.4, -0.2) is 31.7 Å². The van der Waals surface area contributed by atoms with Crippen molar-refractivity contribution in [3.63, 3.8) is 0 Å². The van der Waals surface area contributed by atoms with E-state index in [0.717, 1.165) is 5.56 Å². The van der Waals surface area contributed by atoms with E-state index >= 15 is 0 Å². The smallest absolute Gasteiger partial charge is 0.332 e. The molecule has 1 amide bonds. The van der Waals surface area contributed by atoms with E-state index < -0.39 is 6.04 Å². The Morgan fingerprint density at radius 2 is 2.00 bits per heavy atom. The van der Waals surface area contributed by atoms with Gasteiger partial charge in [-0.05, 0) is 5.56 Å². The number of amides is 1. The first-order chi connectivity index (χ1) is 10.1. The highest BCUT2D eigenvalue weighted by molar-refractivity contribution is 5.83. The van der Waals surface area contributed by atoms with Crippen molar-refractivity contribution in [3.8, 4) is 0 Å². The maximum absolute atomic E-state index is 12.5. The molecule has 1 aliphatic rings. The van der Waals surface area contributed by atoms with Crippen LogP contribution in [0.1, 0.15) is 17.4 Å². The number of aryl methyl sites for hydroxylation is 1. The predicted molar refractivity (Wildman–Crippen MR) is 76.3 cm³/mol. The van der Waals surface area contributed by atoms with E-state index in [9.17, 15) is 9.59 Å². The first-order valence-electron chi connectivity index (χ1n) is 6.80. The molecule has 7 heteroatoms. The average molecular weight is 287 g/mol. The minimum Gasteiger partial charge on any atom is -0.332 e. The van der Waals surface area contributed by atoms with E-state index in [1.165, 1.54) is 4.68 Å².